The smallest absolute Gasteiger partial charge is 0.0430 e. The van der Waals surface area contributed by atoms with E-state index in [0.717, 1.165) is 24.1 Å². The minimum absolute atomic E-state index is 0.863. The number of benzene rings is 1. The molecule has 0 saturated carbocycles. The third-order valence-corrected chi connectivity index (χ3v) is 3.75. The number of halogens is 1. The van der Waals surface area contributed by atoms with Gasteiger partial charge < -0.3 is 10.2 Å². The lowest BCUT2D eigenvalue weighted by Crippen LogP contribution is -2.24. The summed E-state index contributed by atoms with van der Waals surface area (Å²) < 4.78 is 1.12. The summed E-state index contributed by atoms with van der Waals surface area (Å²) in [5.74, 6) is 0. The van der Waals surface area contributed by atoms with Crippen LogP contribution in [0, 0.1) is 0 Å². The maximum atomic E-state index is 4.08. The van der Waals surface area contributed by atoms with Crippen LogP contribution in [0.3, 0.4) is 0 Å². The molecule has 0 aliphatic carbocycles. The van der Waals surface area contributed by atoms with Gasteiger partial charge in [-0.05, 0) is 55.4 Å². The molecule has 20 heavy (non-hydrogen) atoms. The van der Waals surface area contributed by atoms with E-state index in [4.69, 9.17) is 0 Å². The van der Waals surface area contributed by atoms with Crippen molar-refractivity contribution < 1.29 is 0 Å². The fourth-order valence-corrected chi connectivity index (χ4v) is 2.68. The second-order valence-electron chi connectivity index (χ2n) is 4.67. The molecule has 2 rings (SSSR count). The van der Waals surface area contributed by atoms with Gasteiger partial charge in [0.05, 0.1) is 0 Å². The molecule has 0 amide bonds. The minimum atomic E-state index is 0.863. The molecular formula is C16H20BrN3. The number of hydrogen-bond acceptors (Lipinski definition) is 3. The van der Waals surface area contributed by atoms with Gasteiger partial charge in [0.1, 0.15) is 0 Å². The first-order valence-electron chi connectivity index (χ1n) is 6.81. The van der Waals surface area contributed by atoms with Crippen LogP contribution in [0.4, 0.5) is 5.69 Å². The highest BCUT2D eigenvalue weighted by Crippen LogP contribution is 2.26. The van der Waals surface area contributed by atoms with Crippen LogP contribution in [-0.4, -0.2) is 18.6 Å². The average Bonchev–Trinajstić information content (AvgIpc) is 2.47. The predicted octanol–water partition coefficient (Wildman–Crippen LogP) is 3.59. The molecule has 1 heterocycles. The number of hydrogen-bond donors (Lipinski definition) is 1. The SMILES string of the molecule is CCN(Cc1ccncc1)c1ccc(Br)cc1CNC. The van der Waals surface area contributed by atoms with Gasteiger partial charge in [0.25, 0.3) is 0 Å². The Labute approximate surface area is 129 Å². The molecule has 0 bridgehead atoms. The Balaban J connectivity index is 2.27. The Morgan fingerprint density at radius 2 is 1.95 bits per heavy atom. The van der Waals surface area contributed by atoms with Crippen LogP contribution >= 0.6 is 15.9 Å². The van der Waals surface area contributed by atoms with Crippen molar-refractivity contribution in [2.24, 2.45) is 0 Å². The maximum absolute atomic E-state index is 4.08. The Kier molecular flexibility index (Phi) is 5.56. The van der Waals surface area contributed by atoms with Crippen LogP contribution in [0.25, 0.3) is 0 Å². The first-order chi connectivity index (χ1) is 9.74. The zero-order chi connectivity index (χ0) is 14.4. The lowest BCUT2D eigenvalue weighted by Gasteiger charge is -2.26. The lowest BCUT2D eigenvalue weighted by atomic mass is 10.1. The summed E-state index contributed by atoms with van der Waals surface area (Å²) in [7, 11) is 1.98. The Morgan fingerprint density at radius 1 is 1.20 bits per heavy atom. The van der Waals surface area contributed by atoms with Gasteiger partial charge in [0, 0.05) is 42.2 Å². The molecule has 0 atom stereocenters. The van der Waals surface area contributed by atoms with Crippen molar-refractivity contribution in [2.45, 2.75) is 20.0 Å². The topological polar surface area (TPSA) is 28.2 Å². The molecule has 1 aromatic heterocycles. The second-order valence-corrected chi connectivity index (χ2v) is 5.59. The zero-order valence-electron chi connectivity index (χ0n) is 11.9. The van der Waals surface area contributed by atoms with Crippen LogP contribution in [-0.2, 0) is 13.1 Å². The van der Waals surface area contributed by atoms with E-state index < -0.39 is 0 Å². The number of nitrogens with zero attached hydrogens (tertiary/aromatic N) is 2. The van der Waals surface area contributed by atoms with Gasteiger partial charge in [-0.25, -0.2) is 0 Å². The van der Waals surface area contributed by atoms with Gasteiger partial charge in [-0.2, -0.15) is 0 Å². The Bertz CT molecular complexity index is 543. The van der Waals surface area contributed by atoms with E-state index in [1.807, 2.05) is 19.4 Å². The highest BCUT2D eigenvalue weighted by molar-refractivity contribution is 9.10. The summed E-state index contributed by atoms with van der Waals surface area (Å²) >= 11 is 3.55. The second kappa shape index (κ2) is 7.41. The molecule has 0 saturated heterocycles. The first-order valence-corrected chi connectivity index (χ1v) is 7.60. The standard InChI is InChI=1S/C16H20BrN3/c1-3-20(12-13-6-8-19-9-7-13)16-5-4-15(17)10-14(16)11-18-2/h4-10,18H,3,11-12H2,1-2H3. The summed E-state index contributed by atoms with van der Waals surface area (Å²) in [6.07, 6.45) is 3.69. The molecule has 0 unspecified atom stereocenters. The molecule has 0 aliphatic heterocycles. The van der Waals surface area contributed by atoms with E-state index in [0.29, 0.717) is 0 Å². The maximum Gasteiger partial charge on any atom is 0.0430 e. The van der Waals surface area contributed by atoms with Gasteiger partial charge in [-0.15, -0.1) is 0 Å². The monoisotopic (exact) mass is 333 g/mol. The molecule has 4 heteroatoms. The van der Waals surface area contributed by atoms with Crippen LogP contribution in [0.5, 0.6) is 0 Å². The number of aromatic nitrogens is 1. The van der Waals surface area contributed by atoms with Gasteiger partial charge in [0.15, 0.2) is 0 Å². The average molecular weight is 334 g/mol. The molecule has 106 valence electrons. The summed E-state index contributed by atoms with van der Waals surface area (Å²) in [5, 5.41) is 3.24. The Hall–Kier alpha value is -1.39. The predicted molar refractivity (Wildman–Crippen MR) is 87.9 cm³/mol. The number of pyridine rings is 1. The van der Waals surface area contributed by atoms with Crippen molar-refractivity contribution in [2.75, 3.05) is 18.5 Å². The van der Waals surface area contributed by atoms with E-state index in [2.05, 4.69) is 68.4 Å². The summed E-state index contributed by atoms with van der Waals surface area (Å²) in [6.45, 7) is 4.92. The first kappa shape index (κ1) is 15.0. The minimum Gasteiger partial charge on any atom is -0.367 e. The van der Waals surface area contributed by atoms with Crippen LogP contribution in [0.15, 0.2) is 47.2 Å². The third kappa shape index (κ3) is 3.81. The zero-order valence-corrected chi connectivity index (χ0v) is 13.5. The fourth-order valence-electron chi connectivity index (χ4n) is 2.27. The van der Waals surface area contributed by atoms with E-state index in [1.54, 1.807) is 0 Å². The third-order valence-electron chi connectivity index (χ3n) is 3.25. The van der Waals surface area contributed by atoms with Crippen molar-refractivity contribution in [3.8, 4) is 0 Å². The molecule has 1 aromatic carbocycles. The van der Waals surface area contributed by atoms with Crippen LogP contribution < -0.4 is 10.2 Å². The van der Waals surface area contributed by atoms with Crippen molar-refractivity contribution in [3.05, 3.63) is 58.3 Å². The molecule has 0 radical (unpaired) electrons. The van der Waals surface area contributed by atoms with E-state index in [-0.39, 0.29) is 0 Å². The van der Waals surface area contributed by atoms with Gasteiger partial charge >= 0.3 is 0 Å². The quantitative estimate of drug-likeness (QED) is 0.875. The molecular weight excluding hydrogens is 314 g/mol. The van der Waals surface area contributed by atoms with Crippen molar-refractivity contribution in [1.29, 1.82) is 0 Å². The molecule has 0 spiro atoms. The largest absolute Gasteiger partial charge is 0.367 e. The fraction of sp³-hybridized carbons (Fsp3) is 0.312. The highest BCUT2D eigenvalue weighted by Gasteiger charge is 2.10. The Morgan fingerprint density at radius 3 is 2.60 bits per heavy atom. The van der Waals surface area contributed by atoms with Crippen molar-refractivity contribution >= 4 is 21.6 Å². The highest BCUT2D eigenvalue weighted by atomic mass is 79.9. The molecule has 3 nitrogen and oxygen atoms in total. The molecule has 0 aliphatic rings. The van der Waals surface area contributed by atoms with Gasteiger partial charge in [-0.1, -0.05) is 15.9 Å². The summed E-state index contributed by atoms with van der Waals surface area (Å²) in [6, 6.07) is 10.6. The van der Waals surface area contributed by atoms with Crippen LogP contribution in [0.2, 0.25) is 0 Å². The molecule has 2 aromatic rings. The molecule has 1 N–H and O–H groups in total. The van der Waals surface area contributed by atoms with E-state index >= 15 is 0 Å². The van der Waals surface area contributed by atoms with Crippen molar-refractivity contribution in [3.63, 3.8) is 0 Å². The number of rotatable bonds is 6. The normalized spacial score (nSPS) is 10.6. The number of anilines is 1. The van der Waals surface area contributed by atoms with Crippen molar-refractivity contribution in [1.82, 2.24) is 10.3 Å². The van der Waals surface area contributed by atoms with Crippen LogP contribution in [0.1, 0.15) is 18.1 Å². The lowest BCUT2D eigenvalue weighted by molar-refractivity contribution is 0.783. The summed E-state index contributed by atoms with van der Waals surface area (Å²) in [5.41, 5.74) is 3.86. The van der Waals surface area contributed by atoms with E-state index in [9.17, 15) is 0 Å². The van der Waals surface area contributed by atoms with E-state index in [1.165, 1.54) is 16.8 Å². The number of nitrogens with one attached hydrogen (secondary N) is 1. The summed E-state index contributed by atoms with van der Waals surface area (Å²) in [4.78, 5) is 6.46. The van der Waals surface area contributed by atoms with Gasteiger partial charge in [-0.3, -0.25) is 4.98 Å². The van der Waals surface area contributed by atoms with Gasteiger partial charge in [0.2, 0.25) is 0 Å². The molecule has 0 fully saturated rings.